The lowest BCUT2D eigenvalue weighted by Crippen LogP contribution is -2.12. The number of Topliss-reactive ketones (excluding diaryl/α,β-unsaturated/α-hetero) is 1. The van der Waals surface area contributed by atoms with Gasteiger partial charge in [0.15, 0.2) is 5.78 Å². The largest absolute Gasteiger partial charge is 0.508 e. The molecule has 0 aromatic heterocycles. The van der Waals surface area contributed by atoms with Crippen molar-refractivity contribution >= 4 is 11.5 Å². The summed E-state index contributed by atoms with van der Waals surface area (Å²) in [5, 5.41) is 12.6. The maximum Gasteiger partial charge on any atom is 0.193 e. The van der Waals surface area contributed by atoms with E-state index in [9.17, 15) is 18.7 Å². The summed E-state index contributed by atoms with van der Waals surface area (Å²) in [6.07, 6.45) is 6.41. The fourth-order valence-electron chi connectivity index (χ4n) is 3.24. The fourth-order valence-corrected chi connectivity index (χ4v) is 3.24. The van der Waals surface area contributed by atoms with Gasteiger partial charge >= 0.3 is 0 Å². The van der Waals surface area contributed by atoms with Crippen molar-refractivity contribution in [3.8, 4) is 5.75 Å². The van der Waals surface area contributed by atoms with Gasteiger partial charge < -0.3 is 10.4 Å². The van der Waals surface area contributed by atoms with Crippen LogP contribution >= 0.6 is 0 Å². The Morgan fingerprint density at radius 1 is 1.04 bits per heavy atom. The van der Waals surface area contributed by atoms with Crippen LogP contribution < -0.4 is 5.32 Å². The number of carbonyl (C=O) groups excluding carboxylic acids is 1. The van der Waals surface area contributed by atoms with Gasteiger partial charge in [-0.1, -0.05) is 12.1 Å². The quantitative estimate of drug-likeness (QED) is 0.827. The number of halogens is 2. The first kappa shape index (κ1) is 16.3. The van der Waals surface area contributed by atoms with Crippen molar-refractivity contribution in [2.45, 2.75) is 12.8 Å². The Bertz CT molecular complexity index is 1020. The molecular weight excluding hydrogens is 336 g/mol. The molecule has 130 valence electrons. The van der Waals surface area contributed by atoms with Crippen LogP contribution in [-0.2, 0) is 6.42 Å². The molecule has 0 radical (unpaired) electrons. The summed E-state index contributed by atoms with van der Waals surface area (Å²) >= 11 is 0. The molecule has 2 aromatic rings. The summed E-state index contributed by atoms with van der Waals surface area (Å²) in [7, 11) is 0. The molecular formula is C21H15F2NO2. The molecule has 4 rings (SSSR count). The number of hydrogen-bond acceptors (Lipinski definition) is 3. The van der Waals surface area contributed by atoms with E-state index in [1.165, 1.54) is 18.2 Å². The first-order valence-electron chi connectivity index (χ1n) is 8.20. The topological polar surface area (TPSA) is 49.3 Å². The van der Waals surface area contributed by atoms with Crippen molar-refractivity contribution < 1.29 is 18.7 Å². The Balaban J connectivity index is 1.65. The number of anilines is 1. The van der Waals surface area contributed by atoms with Crippen LogP contribution in [0.25, 0.3) is 0 Å². The third-order valence-corrected chi connectivity index (χ3v) is 4.56. The smallest absolute Gasteiger partial charge is 0.193 e. The average Bonchev–Trinajstić information content (AvgIpc) is 2.75. The number of ketones is 1. The maximum atomic E-state index is 13.8. The predicted octanol–water partition coefficient (Wildman–Crippen LogP) is 4.66. The number of allylic oxidation sites excluding steroid dienone is 5. The van der Waals surface area contributed by atoms with Gasteiger partial charge in [-0.2, -0.15) is 0 Å². The molecule has 26 heavy (non-hydrogen) atoms. The van der Waals surface area contributed by atoms with Crippen LogP contribution in [0.2, 0.25) is 0 Å². The zero-order chi connectivity index (χ0) is 18.3. The number of carbonyl (C=O) groups is 1. The van der Waals surface area contributed by atoms with Crippen LogP contribution in [0.4, 0.5) is 14.5 Å². The highest BCUT2D eigenvalue weighted by Crippen LogP contribution is 2.33. The summed E-state index contributed by atoms with van der Waals surface area (Å²) in [5.74, 6) is -1.38. The zero-order valence-corrected chi connectivity index (χ0v) is 13.7. The normalized spacial score (nSPS) is 15.9. The van der Waals surface area contributed by atoms with E-state index in [0.29, 0.717) is 29.7 Å². The fraction of sp³-hybridized carbons (Fsp3) is 0.0952. The molecule has 2 N–H and O–H groups in total. The lowest BCUT2D eigenvalue weighted by molar-refractivity contribution is 0.103. The summed E-state index contributed by atoms with van der Waals surface area (Å²) in [6, 6.07) is 8.16. The van der Waals surface area contributed by atoms with Gasteiger partial charge in [0.25, 0.3) is 0 Å². The number of phenols is 1. The van der Waals surface area contributed by atoms with Crippen molar-refractivity contribution in [1.29, 1.82) is 0 Å². The van der Waals surface area contributed by atoms with Crippen LogP contribution in [0, 0.1) is 11.6 Å². The molecule has 0 atom stereocenters. The van der Waals surface area contributed by atoms with E-state index in [-0.39, 0.29) is 17.2 Å². The monoisotopic (exact) mass is 351 g/mol. The maximum absolute atomic E-state index is 13.8. The minimum absolute atomic E-state index is 0.0571. The number of benzene rings is 2. The number of aromatic hydroxyl groups is 1. The highest BCUT2D eigenvalue weighted by molar-refractivity contribution is 6.13. The van der Waals surface area contributed by atoms with Gasteiger partial charge in [0.05, 0.1) is 5.69 Å². The van der Waals surface area contributed by atoms with E-state index in [0.717, 1.165) is 17.2 Å². The van der Waals surface area contributed by atoms with Crippen molar-refractivity contribution in [3.05, 3.63) is 94.2 Å². The summed E-state index contributed by atoms with van der Waals surface area (Å²) < 4.78 is 26.9. The molecule has 2 aliphatic rings. The van der Waals surface area contributed by atoms with E-state index >= 15 is 0 Å². The first-order valence-corrected chi connectivity index (χ1v) is 8.20. The Morgan fingerprint density at radius 2 is 1.88 bits per heavy atom. The van der Waals surface area contributed by atoms with Crippen molar-refractivity contribution in [1.82, 2.24) is 0 Å². The predicted molar refractivity (Wildman–Crippen MR) is 95.0 cm³/mol. The number of nitrogens with one attached hydrogen (secondary N) is 1. The highest BCUT2D eigenvalue weighted by atomic mass is 19.1. The Labute approximate surface area is 149 Å². The molecule has 0 saturated heterocycles. The number of phenolic OH excluding ortho intramolecular Hbond substituents is 1. The second-order valence-corrected chi connectivity index (χ2v) is 6.30. The molecule has 0 bridgehead atoms. The summed E-state index contributed by atoms with van der Waals surface area (Å²) in [5.41, 5.74) is 3.67. The van der Waals surface area contributed by atoms with Crippen LogP contribution in [0.15, 0.2) is 71.5 Å². The molecule has 0 spiro atoms. The summed E-state index contributed by atoms with van der Waals surface area (Å²) in [6.45, 7) is 0. The number of hydrogen-bond donors (Lipinski definition) is 2. The van der Waals surface area contributed by atoms with Crippen LogP contribution in [0.5, 0.6) is 5.75 Å². The van der Waals surface area contributed by atoms with Crippen LogP contribution in [0.1, 0.15) is 22.3 Å². The van der Waals surface area contributed by atoms with Crippen molar-refractivity contribution in [2.75, 3.05) is 5.32 Å². The molecule has 0 fully saturated rings. The number of rotatable bonds is 2. The minimum atomic E-state index is -0.672. The lowest BCUT2D eigenvalue weighted by atomic mass is 9.91. The van der Waals surface area contributed by atoms with Gasteiger partial charge in [0.1, 0.15) is 17.4 Å². The molecule has 5 heteroatoms. The molecule has 3 nitrogen and oxygen atoms in total. The van der Waals surface area contributed by atoms with E-state index in [2.05, 4.69) is 5.32 Å². The van der Waals surface area contributed by atoms with E-state index < -0.39 is 11.6 Å². The van der Waals surface area contributed by atoms with Crippen LogP contribution in [0.3, 0.4) is 0 Å². The Hall–Kier alpha value is -3.21. The van der Waals surface area contributed by atoms with Crippen molar-refractivity contribution in [3.63, 3.8) is 0 Å². The lowest BCUT2D eigenvalue weighted by Gasteiger charge is -2.18. The van der Waals surface area contributed by atoms with E-state index in [4.69, 9.17) is 0 Å². The molecule has 0 heterocycles. The molecule has 2 aromatic carbocycles. The number of fused-ring (bicyclic) bond motifs is 2. The second-order valence-electron chi connectivity index (χ2n) is 6.30. The van der Waals surface area contributed by atoms with Crippen molar-refractivity contribution in [2.24, 2.45) is 0 Å². The molecule has 0 saturated carbocycles. The van der Waals surface area contributed by atoms with Gasteiger partial charge in [-0.25, -0.2) is 8.78 Å². The third-order valence-electron chi connectivity index (χ3n) is 4.56. The minimum Gasteiger partial charge on any atom is -0.508 e. The molecule has 0 amide bonds. The zero-order valence-electron chi connectivity index (χ0n) is 13.7. The molecule has 0 aliphatic heterocycles. The second kappa shape index (κ2) is 6.26. The van der Waals surface area contributed by atoms with Gasteiger partial charge in [-0.05, 0) is 54.0 Å². The standard InChI is InChI=1S/C21H15F2NO2/c22-14-4-8-20(19(23)10-14)24-15-5-7-17-13(9-15)2-1-12-3-6-16(25)11-18(12)21(17)26/h2-8,10-11,24-25H,1,9H2. The average molecular weight is 351 g/mol. The van der Waals surface area contributed by atoms with Gasteiger partial charge in [0, 0.05) is 29.3 Å². The highest BCUT2D eigenvalue weighted by Gasteiger charge is 2.25. The third kappa shape index (κ3) is 2.92. The van der Waals surface area contributed by atoms with E-state index in [1.54, 1.807) is 24.3 Å². The van der Waals surface area contributed by atoms with Gasteiger partial charge in [-0.3, -0.25) is 4.79 Å². The Morgan fingerprint density at radius 3 is 2.69 bits per heavy atom. The van der Waals surface area contributed by atoms with E-state index in [1.807, 2.05) is 6.08 Å². The molecule has 2 aliphatic carbocycles. The van der Waals surface area contributed by atoms with Gasteiger partial charge in [0.2, 0.25) is 0 Å². The Kier molecular flexibility index (Phi) is 3.92. The summed E-state index contributed by atoms with van der Waals surface area (Å²) in [4.78, 5) is 12.8. The van der Waals surface area contributed by atoms with Gasteiger partial charge in [-0.15, -0.1) is 0 Å². The molecule has 0 unspecified atom stereocenters. The first-order chi connectivity index (χ1) is 12.5. The van der Waals surface area contributed by atoms with Crippen LogP contribution in [-0.4, -0.2) is 10.9 Å². The SMILES string of the molecule is O=C1C2=CC=C(Nc3ccc(F)cc3F)CC2=CCc2ccc(O)cc21.